The summed E-state index contributed by atoms with van der Waals surface area (Å²) in [6, 6.07) is 7.96. The van der Waals surface area contributed by atoms with Crippen LogP contribution in [0, 0.1) is 0 Å². The second-order valence-corrected chi connectivity index (χ2v) is 8.68. The van der Waals surface area contributed by atoms with Crippen molar-refractivity contribution in [1.29, 1.82) is 0 Å². The summed E-state index contributed by atoms with van der Waals surface area (Å²) in [6.07, 6.45) is -3.83. The zero-order chi connectivity index (χ0) is 21.0. The number of fused-ring (bicyclic) bond motifs is 2. The molecule has 0 fully saturated rings. The van der Waals surface area contributed by atoms with Gasteiger partial charge < -0.3 is 16.0 Å². The van der Waals surface area contributed by atoms with Crippen molar-refractivity contribution in [3.8, 4) is 0 Å². The quantitative estimate of drug-likeness (QED) is 0.424. The fraction of sp³-hybridized carbons (Fsp3) is 0.350. The Morgan fingerprint density at radius 2 is 1.93 bits per heavy atom. The topological polar surface area (TPSA) is 53.2 Å². The van der Waals surface area contributed by atoms with E-state index in [-0.39, 0.29) is 18.0 Å². The summed E-state index contributed by atoms with van der Waals surface area (Å²) in [4.78, 5) is 13.8. The molecule has 0 bridgehead atoms. The highest BCUT2D eigenvalue weighted by molar-refractivity contribution is 9.10. The Morgan fingerprint density at radius 3 is 2.66 bits per heavy atom. The molecule has 0 spiro atoms. The number of benzene rings is 2. The number of hydrogen-bond acceptors (Lipinski definition) is 4. The number of anilines is 1. The number of amides is 1. The zero-order valence-electron chi connectivity index (χ0n) is 15.8. The van der Waals surface area contributed by atoms with Crippen LogP contribution in [0.4, 0.5) is 18.9 Å². The van der Waals surface area contributed by atoms with E-state index < -0.39 is 11.7 Å². The fourth-order valence-electron chi connectivity index (χ4n) is 3.03. The Balaban J connectivity index is 1.83. The molecular weight excluding hydrogens is 467 g/mol. The van der Waals surface area contributed by atoms with Gasteiger partial charge >= 0.3 is 6.18 Å². The van der Waals surface area contributed by atoms with Gasteiger partial charge in [-0.3, -0.25) is 4.79 Å². The first kappa shape index (κ1) is 22.1. The Hall–Kier alpha value is -1.55. The minimum atomic E-state index is -4.48. The smallest absolute Gasteiger partial charge is 0.326 e. The monoisotopic (exact) mass is 487 g/mol. The third-order valence-electron chi connectivity index (χ3n) is 4.51. The van der Waals surface area contributed by atoms with Crippen molar-refractivity contribution in [2.45, 2.75) is 28.8 Å². The Bertz CT molecular complexity index is 905. The molecule has 0 radical (unpaired) electrons. The van der Waals surface area contributed by atoms with Gasteiger partial charge in [-0.1, -0.05) is 33.8 Å². The van der Waals surface area contributed by atoms with E-state index in [4.69, 9.17) is 0 Å². The third kappa shape index (κ3) is 5.75. The van der Waals surface area contributed by atoms with E-state index >= 15 is 0 Å². The summed E-state index contributed by atoms with van der Waals surface area (Å²) in [6.45, 7) is 1.95. The number of nitrogens with one attached hydrogen (secondary N) is 3. The fourth-order valence-corrected chi connectivity index (χ4v) is 4.72. The SMILES string of the molecule is CNCCNCCC(=O)Nc1cc(C(F)(F)F)cc2c1Cc1ccc(Br)cc1S2. The van der Waals surface area contributed by atoms with Gasteiger partial charge in [0.2, 0.25) is 5.91 Å². The first-order valence-corrected chi connectivity index (χ1v) is 10.7. The maximum absolute atomic E-state index is 13.4. The average molecular weight is 488 g/mol. The van der Waals surface area contributed by atoms with E-state index in [1.54, 1.807) is 0 Å². The Kier molecular flexibility index (Phi) is 7.26. The lowest BCUT2D eigenvalue weighted by atomic mass is 10.00. The van der Waals surface area contributed by atoms with Crippen molar-refractivity contribution in [2.24, 2.45) is 0 Å². The predicted octanol–water partition coefficient (Wildman–Crippen LogP) is 4.66. The summed E-state index contributed by atoms with van der Waals surface area (Å²) < 4.78 is 41.1. The molecular formula is C20H21BrF3N3OS. The molecule has 2 aromatic rings. The van der Waals surface area contributed by atoms with Gasteiger partial charge in [-0.2, -0.15) is 13.2 Å². The molecule has 1 heterocycles. The minimum absolute atomic E-state index is 0.186. The van der Waals surface area contributed by atoms with E-state index in [1.807, 2.05) is 25.2 Å². The summed E-state index contributed by atoms with van der Waals surface area (Å²) in [7, 11) is 1.83. The van der Waals surface area contributed by atoms with Gasteiger partial charge in [0.1, 0.15) is 0 Å². The summed E-state index contributed by atoms with van der Waals surface area (Å²) in [5, 5.41) is 8.79. The number of carbonyl (C=O) groups is 1. The summed E-state index contributed by atoms with van der Waals surface area (Å²) >= 11 is 4.70. The molecule has 9 heteroatoms. The molecule has 29 heavy (non-hydrogen) atoms. The molecule has 2 aromatic carbocycles. The van der Waals surface area contributed by atoms with Gasteiger partial charge in [-0.05, 0) is 42.4 Å². The largest absolute Gasteiger partial charge is 0.416 e. The van der Waals surface area contributed by atoms with Gasteiger partial charge in [-0.25, -0.2) is 0 Å². The van der Waals surface area contributed by atoms with E-state index in [0.29, 0.717) is 30.0 Å². The molecule has 1 amide bonds. The lowest BCUT2D eigenvalue weighted by Gasteiger charge is -2.24. The van der Waals surface area contributed by atoms with Gasteiger partial charge in [-0.15, -0.1) is 0 Å². The molecule has 0 saturated carbocycles. The van der Waals surface area contributed by atoms with Crippen LogP contribution < -0.4 is 16.0 Å². The van der Waals surface area contributed by atoms with Crippen LogP contribution in [-0.4, -0.2) is 32.6 Å². The highest BCUT2D eigenvalue weighted by atomic mass is 79.9. The van der Waals surface area contributed by atoms with Crippen LogP contribution in [0.2, 0.25) is 0 Å². The van der Waals surface area contributed by atoms with Crippen molar-refractivity contribution in [2.75, 3.05) is 32.0 Å². The van der Waals surface area contributed by atoms with Crippen molar-refractivity contribution < 1.29 is 18.0 Å². The summed E-state index contributed by atoms with van der Waals surface area (Å²) in [5.74, 6) is -0.310. The molecule has 0 aliphatic carbocycles. The normalized spacial score (nSPS) is 13.0. The first-order valence-electron chi connectivity index (χ1n) is 9.13. The van der Waals surface area contributed by atoms with Crippen molar-refractivity contribution in [3.05, 3.63) is 51.5 Å². The summed E-state index contributed by atoms with van der Waals surface area (Å²) in [5.41, 5.74) is 1.21. The highest BCUT2D eigenvalue weighted by Gasteiger charge is 2.33. The van der Waals surface area contributed by atoms with Crippen LogP contribution in [0.5, 0.6) is 0 Å². The lowest BCUT2D eigenvalue weighted by molar-refractivity contribution is -0.137. The van der Waals surface area contributed by atoms with Crippen molar-refractivity contribution in [1.82, 2.24) is 10.6 Å². The molecule has 1 aliphatic heterocycles. The highest BCUT2D eigenvalue weighted by Crippen LogP contribution is 2.46. The van der Waals surface area contributed by atoms with Crippen molar-refractivity contribution in [3.63, 3.8) is 0 Å². The average Bonchev–Trinajstić information content (AvgIpc) is 2.65. The standard InChI is InChI=1S/C20H21BrF3N3OS/c1-25-6-7-26-5-4-19(28)27-16-9-13(20(22,23)24)10-18-15(16)8-12-2-3-14(21)11-17(12)29-18/h2-3,9-11,25-26H,4-8H2,1H3,(H,27,28). The van der Waals surface area contributed by atoms with Crippen LogP contribution in [0.1, 0.15) is 23.1 Å². The number of carbonyl (C=O) groups excluding carboxylic acids is 1. The maximum atomic E-state index is 13.4. The number of alkyl halides is 3. The number of likely N-dealkylation sites (N-methyl/N-ethyl adjacent to an activating group) is 1. The molecule has 4 nitrogen and oxygen atoms in total. The molecule has 3 rings (SSSR count). The molecule has 1 aliphatic rings. The van der Waals surface area contributed by atoms with E-state index in [1.165, 1.54) is 17.8 Å². The third-order valence-corrected chi connectivity index (χ3v) is 6.18. The first-order chi connectivity index (χ1) is 13.8. The van der Waals surface area contributed by atoms with Gasteiger partial charge in [0, 0.05) is 52.4 Å². The van der Waals surface area contributed by atoms with E-state index in [9.17, 15) is 18.0 Å². The lowest BCUT2D eigenvalue weighted by Crippen LogP contribution is -2.28. The van der Waals surface area contributed by atoms with Gasteiger partial charge in [0.25, 0.3) is 0 Å². The molecule has 0 saturated heterocycles. The molecule has 0 unspecified atom stereocenters. The molecule has 0 atom stereocenters. The van der Waals surface area contributed by atoms with Crippen LogP contribution in [0.25, 0.3) is 0 Å². The van der Waals surface area contributed by atoms with Crippen LogP contribution in [-0.2, 0) is 17.4 Å². The second-order valence-electron chi connectivity index (χ2n) is 6.68. The maximum Gasteiger partial charge on any atom is 0.416 e. The van der Waals surface area contributed by atoms with E-state index in [2.05, 4.69) is 31.9 Å². The van der Waals surface area contributed by atoms with Gasteiger partial charge in [0.15, 0.2) is 0 Å². The number of rotatable bonds is 7. The van der Waals surface area contributed by atoms with Crippen LogP contribution >= 0.6 is 27.7 Å². The Morgan fingerprint density at radius 1 is 1.14 bits per heavy atom. The predicted molar refractivity (Wildman–Crippen MR) is 113 cm³/mol. The number of halogens is 4. The number of hydrogen-bond donors (Lipinski definition) is 3. The van der Waals surface area contributed by atoms with E-state index in [0.717, 1.165) is 27.5 Å². The molecule has 0 aromatic heterocycles. The zero-order valence-corrected chi connectivity index (χ0v) is 18.2. The van der Waals surface area contributed by atoms with Crippen LogP contribution in [0.3, 0.4) is 0 Å². The minimum Gasteiger partial charge on any atom is -0.326 e. The molecule has 3 N–H and O–H groups in total. The second kappa shape index (κ2) is 9.51. The Labute approximate surface area is 180 Å². The van der Waals surface area contributed by atoms with Gasteiger partial charge in [0.05, 0.1) is 5.56 Å². The molecule has 156 valence electrons. The van der Waals surface area contributed by atoms with Crippen LogP contribution in [0.15, 0.2) is 44.6 Å². The van der Waals surface area contributed by atoms with Crippen molar-refractivity contribution >= 4 is 39.3 Å².